The first-order valence-corrected chi connectivity index (χ1v) is 9.63. The Kier molecular flexibility index (Phi) is 7.38. The van der Waals surface area contributed by atoms with Gasteiger partial charge in [0.2, 0.25) is 0 Å². The number of hydrogen-bond acceptors (Lipinski definition) is 4. The Labute approximate surface area is 176 Å². The number of fused-ring (bicyclic) bond motifs is 1. The maximum atomic E-state index is 13.1. The minimum absolute atomic E-state index is 0. The minimum atomic E-state index is -0.444. The molecule has 2 aromatic rings. The molecule has 3 N–H and O–H groups in total. The number of hydrogen-bond donors (Lipinski definition) is 2. The van der Waals surface area contributed by atoms with E-state index in [2.05, 4.69) is 4.98 Å². The highest BCUT2D eigenvalue weighted by Crippen LogP contribution is 2.33. The first-order chi connectivity index (χ1) is 13.3. The second-order valence-corrected chi connectivity index (χ2v) is 8.20. The van der Waals surface area contributed by atoms with Gasteiger partial charge in [-0.2, -0.15) is 0 Å². The van der Waals surface area contributed by atoms with E-state index in [1.165, 1.54) is 6.07 Å². The van der Waals surface area contributed by atoms with Gasteiger partial charge in [0.1, 0.15) is 5.56 Å². The van der Waals surface area contributed by atoms with Gasteiger partial charge in [-0.15, -0.1) is 12.4 Å². The van der Waals surface area contributed by atoms with Crippen molar-refractivity contribution in [3.63, 3.8) is 0 Å². The first-order valence-electron chi connectivity index (χ1n) is 9.63. The monoisotopic (exact) mass is 417 g/mol. The summed E-state index contributed by atoms with van der Waals surface area (Å²) >= 11 is 0. The Hall–Kier alpha value is -2.44. The van der Waals surface area contributed by atoms with Gasteiger partial charge < -0.3 is 15.6 Å². The van der Waals surface area contributed by atoms with Crippen molar-refractivity contribution >= 4 is 24.1 Å². The molecule has 0 unspecified atom stereocenters. The molecule has 0 saturated heterocycles. The molecule has 1 heterocycles. The van der Waals surface area contributed by atoms with Gasteiger partial charge in [0.25, 0.3) is 11.5 Å². The second kappa shape index (κ2) is 9.37. The van der Waals surface area contributed by atoms with Gasteiger partial charge in [0.15, 0.2) is 5.78 Å². The van der Waals surface area contributed by atoms with Crippen molar-refractivity contribution in [3.8, 4) is 0 Å². The number of benzene rings is 1. The first kappa shape index (κ1) is 22.8. The molecule has 0 radical (unpaired) electrons. The summed E-state index contributed by atoms with van der Waals surface area (Å²) in [6.45, 7) is 5.28. The average Bonchev–Trinajstić information content (AvgIpc) is 2.64. The number of H-pyrrole nitrogens is 1. The predicted octanol–water partition coefficient (Wildman–Crippen LogP) is 2.94. The molecule has 0 aliphatic heterocycles. The van der Waals surface area contributed by atoms with E-state index in [1.54, 1.807) is 4.90 Å². The van der Waals surface area contributed by atoms with E-state index in [1.807, 2.05) is 44.2 Å². The number of rotatable bonds is 6. The fourth-order valence-corrected chi connectivity index (χ4v) is 3.70. The summed E-state index contributed by atoms with van der Waals surface area (Å²) in [6, 6.07) is 11.1. The van der Waals surface area contributed by atoms with Crippen LogP contribution in [0.15, 0.2) is 41.2 Å². The van der Waals surface area contributed by atoms with Crippen molar-refractivity contribution in [2.24, 2.45) is 11.1 Å². The molecule has 0 fully saturated rings. The summed E-state index contributed by atoms with van der Waals surface area (Å²) in [5, 5.41) is 0. The third-order valence-corrected chi connectivity index (χ3v) is 5.08. The van der Waals surface area contributed by atoms with Crippen LogP contribution in [0.4, 0.5) is 0 Å². The molecule has 7 heteroatoms. The molecule has 1 aliphatic carbocycles. The van der Waals surface area contributed by atoms with Crippen molar-refractivity contribution in [2.75, 3.05) is 13.1 Å². The summed E-state index contributed by atoms with van der Waals surface area (Å²) in [5.74, 6) is -0.410. The molecular formula is C22H28ClN3O3. The predicted molar refractivity (Wildman–Crippen MR) is 116 cm³/mol. The smallest absolute Gasteiger partial charge is 0.261 e. The Morgan fingerprint density at radius 1 is 1.17 bits per heavy atom. The Morgan fingerprint density at radius 3 is 2.52 bits per heavy atom. The summed E-state index contributed by atoms with van der Waals surface area (Å²) in [6.07, 6.45) is 1.65. The standard InChI is InChI=1S/C22H27N3O3.ClH/c1-22(2)12-18-16(19(26)13-22)11-17(20(27)24-18)21(28)25(10-6-9-23)14-15-7-4-3-5-8-15;/h3-5,7-8,11H,6,9-10,12-14,23H2,1-2H3,(H,24,27);1H. The van der Waals surface area contributed by atoms with Crippen LogP contribution in [0.1, 0.15) is 58.7 Å². The highest BCUT2D eigenvalue weighted by atomic mass is 35.5. The van der Waals surface area contributed by atoms with Crippen molar-refractivity contribution in [2.45, 2.75) is 39.7 Å². The SMILES string of the molecule is CC1(C)CC(=O)c2cc(C(=O)N(CCCN)Cc3ccccc3)c(=O)[nH]c2C1.Cl. The van der Waals surface area contributed by atoms with Crippen molar-refractivity contribution < 1.29 is 9.59 Å². The van der Waals surface area contributed by atoms with Crippen LogP contribution in [-0.4, -0.2) is 34.7 Å². The zero-order valence-corrected chi connectivity index (χ0v) is 17.7. The molecule has 156 valence electrons. The molecule has 3 rings (SSSR count). The molecule has 0 atom stereocenters. The van der Waals surface area contributed by atoms with E-state index in [0.717, 1.165) is 5.56 Å². The van der Waals surface area contributed by atoms with Crippen LogP contribution < -0.4 is 11.3 Å². The van der Waals surface area contributed by atoms with Gasteiger partial charge in [0.05, 0.1) is 0 Å². The van der Waals surface area contributed by atoms with Crippen LogP contribution in [0, 0.1) is 5.41 Å². The number of aromatic nitrogens is 1. The number of aromatic amines is 1. The Morgan fingerprint density at radius 2 is 1.86 bits per heavy atom. The van der Waals surface area contributed by atoms with Crippen molar-refractivity contribution in [1.29, 1.82) is 0 Å². The summed E-state index contributed by atoms with van der Waals surface area (Å²) in [7, 11) is 0. The quantitative estimate of drug-likeness (QED) is 0.755. The highest BCUT2D eigenvalue weighted by Gasteiger charge is 2.33. The zero-order valence-electron chi connectivity index (χ0n) is 16.9. The molecule has 0 bridgehead atoms. The number of nitrogens with zero attached hydrogens (tertiary/aromatic N) is 1. The van der Waals surface area contributed by atoms with Crippen LogP contribution in [0.5, 0.6) is 0 Å². The zero-order chi connectivity index (χ0) is 20.3. The molecule has 6 nitrogen and oxygen atoms in total. The summed E-state index contributed by atoms with van der Waals surface area (Å²) in [5.41, 5.74) is 7.05. The third-order valence-electron chi connectivity index (χ3n) is 5.08. The molecule has 0 spiro atoms. The maximum absolute atomic E-state index is 13.1. The van der Waals surface area contributed by atoms with E-state index in [0.29, 0.717) is 50.2 Å². The van der Waals surface area contributed by atoms with E-state index in [9.17, 15) is 14.4 Å². The summed E-state index contributed by atoms with van der Waals surface area (Å²) < 4.78 is 0. The molecule has 0 saturated carbocycles. The lowest BCUT2D eigenvalue weighted by Gasteiger charge is -2.30. The van der Waals surface area contributed by atoms with E-state index >= 15 is 0 Å². The Balaban J connectivity index is 0.00000300. The number of carbonyl (C=O) groups excluding carboxylic acids is 2. The lowest BCUT2D eigenvalue weighted by Crippen LogP contribution is -2.38. The minimum Gasteiger partial charge on any atom is -0.334 e. The van der Waals surface area contributed by atoms with Gasteiger partial charge in [-0.3, -0.25) is 14.4 Å². The van der Waals surface area contributed by atoms with Crippen LogP contribution >= 0.6 is 12.4 Å². The van der Waals surface area contributed by atoms with Crippen molar-refractivity contribution in [3.05, 3.63) is 69.1 Å². The van der Waals surface area contributed by atoms with Crippen LogP contribution in [0.2, 0.25) is 0 Å². The van der Waals surface area contributed by atoms with Gasteiger partial charge in [-0.05, 0) is 36.4 Å². The fraction of sp³-hybridized carbons (Fsp3) is 0.409. The highest BCUT2D eigenvalue weighted by molar-refractivity contribution is 6.02. The van der Waals surface area contributed by atoms with Gasteiger partial charge in [-0.25, -0.2) is 0 Å². The number of nitrogens with one attached hydrogen (secondary N) is 1. The largest absolute Gasteiger partial charge is 0.334 e. The maximum Gasteiger partial charge on any atom is 0.261 e. The number of Topliss-reactive ketones (excluding diaryl/α,β-unsaturated/α-hetero) is 1. The fourth-order valence-electron chi connectivity index (χ4n) is 3.70. The summed E-state index contributed by atoms with van der Waals surface area (Å²) in [4.78, 5) is 42.8. The van der Waals surface area contributed by atoms with E-state index in [-0.39, 0.29) is 35.1 Å². The molecule has 1 aromatic heterocycles. The average molecular weight is 418 g/mol. The van der Waals surface area contributed by atoms with Gasteiger partial charge in [-0.1, -0.05) is 44.2 Å². The molecule has 1 aliphatic rings. The number of pyridine rings is 1. The van der Waals surface area contributed by atoms with E-state index in [4.69, 9.17) is 5.73 Å². The normalized spacial score (nSPS) is 14.7. The Bertz CT molecular complexity index is 938. The topological polar surface area (TPSA) is 96.3 Å². The van der Waals surface area contributed by atoms with Gasteiger partial charge >= 0.3 is 0 Å². The number of amides is 1. The van der Waals surface area contributed by atoms with Crippen molar-refractivity contribution in [1.82, 2.24) is 9.88 Å². The lowest BCUT2D eigenvalue weighted by atomic mass is 9.75. The molecule has 1 aromatic carbocycles. The molecule has 29 heavy (non-hydrogen) atoms. The lowest BCUT2D eigenvalue weighted by molar-refractivity contribution is 0.0740. The van der Waals surface area contributed by atoms with E-state index < -0.39 is 5.56 Å². The van der Waals surface area contributed by atoms with Crippen LogP contribution in [-0.2, 0) is 13.0 Å². The van der Waals surface area contributed by atoms with Gasteiger partial charge in [0, 0.05) is 30.8 Å². The van der Waals surface area contributed by atoms with Crippen LogP contribution in [0.25, 0.3) is 0 Å². The van der Waals surface area contributed by atoms with Crippen LogP contribution in [0.3, 0.4) is 0 Å². The number of halogens is 1. The number of nitrogens with two attached hydrogens (primary N) is 1. The second-order valence-electron chi connectivity index (χ2n) is 8.20. The number of ketones is 1. The third kappa shape index (κ3) is 5.34. The molecular weight excluding hydrogens is 390 g/mol. The molecule has 1 amide bonds. The number of carbonyl (C=O) groups is 2.